The lowest BCUT2D eigenvalue weighted by molar-refractivity contribution is -0.133. The molecule has 7 heteroatoms. The molecule has 7 nitrogen and oxygen atoms in total. The Labute approximate surface area is 187 Å². The number of ether oxygens (including phenoxy) is 4. The Bertz CT molecular complexity index is 1040. The van der Waals surface area contributed by atoms with E-state index in [9.17, 15) is 9.59 Å². The lowest BCUT2D eigenvalue weighted by Crippen LogP contribution is -2.35. The van der Waals surface area contributed by atoms with Crippen LogP contribution in [0.25, 0.3) is 6.08 Å². The molecule has 4 rings (SSSR count). The van der Waals surface area contributed by atoms with Crippen molar-refractivity contribution in [1.82, 2.24) is 4.90 Å². The minimum atomic E-state index is -0.207. The van der Waals surface area contributed by atoms with Crippen molar-refractivity contribution < 1.29 is 28.5 Å². The van der Waals surface area contributed by atoms with E-state index < -0.39 is 0 Å². The fourth-order valence-corrected chi connectivity index (χ4v) is 3.91. The number of carbonyl (C=O) groups excluding carboxylic acids is 2. The molecule has 0 atom stereocenters. The molecule has 1 amide bonds. The largest absolute Gasteiger partial charge is 0.493 e. The van der Waals surface area contributed by atoms with Crippen molar-refractivity contribution in [1.29, 1.82) is 0 Å². The molecular weight excluding hydrogens is 410 g/mol. The summed E-state index contributed by atoms with van der Waals surface area (Å²) in [6.07, 6.45) is 6.07. The first-order valence-corrected chi connectivity index (χ1v) is 10.8. The minimum Gasteiger partial charge on any atom is -0.493 e. The SMILES string of the molecule is COc1ccc(C=C2Oc3cc(OCC(=O)N4CCCCCC4)ccc3C2=O)cc1OC. The van der Waals surface area contributed by atoms with E-state index in [-0.39, 0.29) is 24.1 Å². The Morgan fingerprint density at radius 2 is 1.75 bits per heavy atom. The number of carbonyl (C=O) groups is 2. The number of rotatable bonds is 6. The predicted octanol–water partition coefficient (Wildman–Crippen LogP) is 4.10. The van der Waals surface area contributed by atoms with Gasteiger partial charge in [0.1, 0.15) is 11.5 Å². The summed E-state index contributed by atoms with van der Waals surface area (Å²) in [6, 6.07) is 10.4. The van der Waals surface area contributed by atoms with E-state index >= 15 is 0 Å². The van der Waals surface area contributed by atoms with Crippen LogP contribution in [0.1, 0.15) is 41.6 Å². The second-order valence-corrected chi connectivity index (χ2v) is 7.80. The van der Waals surface area contributed by atoms with E-state index in [0.717, 1.165) is 31.5 Å². The molecule has 0 aliphatic carbocycles. The summed E-state index contributed by atoms with van der Waals surface area (Å²) in [7, 11) is 3.12. The number of fused-ring (bicyclic) bond motifs is 1. The first-order valence-electron chi connectivity index (χ1n) is 10.8. The van der Waals surface area contributed by atoms with Crippen LogP contribution in [0.15, 0.2) is 42.2 Å². The Hall–Kier alpha value is -3.48. The van der Waals surface area contributed by atoms with Gasteiger partial charge in [-0.2, -0.15) is 0 Å². The van der Waals surface area contributed by atoms with E-state index in [1.165, 1.54) is 12.8 Å². The van der Waals surface area contributed by atoms with Gasteiger partial charge in [0, 0.05) is 19.2 Å². The first-order chi connectivity index (χ1) is 15.6. The van der Waals surface area contributed by atoms with Crippen LogP contribution in [0.4, 0.5) is 0 Å². The molecule has 1 saturated heterocycles. The molecule has 0 aromatic heterocycles. The van der Waals surface area contributed by atoms with Crippen molar-refractivity contribution in [3.05, 3.63) is 53.3 Å². The van der Waals surface area contributed by atoms with Crippen molar-refractivity contribution in [2.45, 2.75) is 25.7 Å². The van der Waals surface area contributed by atoms with Crippen LogP contribution < -0.4 is 18.9 Å². The summed E-state index contributed by atoms with van der Waals surface area (Å²) in [5, 5.41) is 0. The van der Waals surface area contributed by atoms with Gasteiger partial charge in [0.15, 0.2) is 23.9 Å². The summed E-state index contributed by atoms with van der Waals surface area (Å²) in [5.74, 6) is 2.07. The Balaban J connectivity index is 1.44. The predicted molar refractivity (Wildman–Crippen MR) is 119 cm³/mol. The quantitative estimate of drug-likeness (QED) is 0.634. The molecule has 168 valence electrons. The zero-order valence-corrected chi connectivity index (χ0v) is 18.4. The molecule has 0 saturated carbocycles. The molecule has 0 N–H and O–H groups in total. The zero-order chi connectivity index (χ0) is 22.5. The molecule has 0 bridgehead atoms. The highest BCUT2D eigenvalue weighted by Gasteiger charge is 2.28. The van der Waals surface area contributed by atoms with E-state index in [0.29, 0.717) is 28.6 Å². The minimum absolute atomic E-state index is 0.0153. The van der Waals surface area contributed by atoms with Gasteiger partial charge in [-0.05, 0) is 48.7 Å². The number of methoxy groups -OCH3 is 2. The molecule has 2 heterocycles. The molecule has 2 aromatic rings. The van der Waals surface area contributed by atoms with Crippen LogP contribution in [-0.2, 0) is 4.79 Å². The number of nitrogens with zero attached hydrogens (tertiary/aromatic N) is 1. The average molecular weight is 437 g/mol. The van der Waals surface area contributed by atoms with Crippen LogP contribution in [0.5, 0.6) is 23.0 Å². The van der Waals surface area contributed by atoms with E-state index in [2.05, 4.69) is 0 Å². The van der Waals surface area contributed by atoms with Crippen LogP contribution in [-0.4, -0.2) is 50.5 Å². The van der Waals surface area contributed by atoms with Crippen LogP contribution in [0.2, 0.25) is 0 Å². The van der Waals surface area contributed by atoms with Crippen molar-refractivity contribution >= 4 is 17.8 Å². The molecule has 0 spiro atoms. The fourth-order valence-electron chi connectivity index (χ4n) is 3.91. The van der Waals surface area contributed by atoms with Gasteiger partial charge in [-0.1, -0.05) is 18.9 Å². The number of hydrogen-bond donors (Lipinski definition) is 0. The first kappa shape index (κ1) is 21.7. The lowest BCUT2D eigenvalue weighted by atomic mass is 10.1. The number of benzene rings is 2. The van der Waals surface area contributed by atoms with Gasteiger partial charge in [-0.25, -0.2) is 0 Å². The molecule has 32 heavy (non-hydrogen) atoms. The van der Waals surface area contributed by atoms with Gasteiger partial charge in [0.2, 0.25) is 5.78 Å². The third-order valence-electron chi connectivity index (χ3n) is 5.67. The maximum atomic E-state index is 12.7. The summed E-state index contributed by atoms with van der Waals surface area (Å²) in [6.45, 7) is 1.55. The Morgan fingerprint density at radius 3 is 2.47 bits per heavy atom. The maximum absolute atomic E-state index is 12.7. The highest BCUT2D eigenvalue weighted by molar-refractivity contribution is 6.14. The Kier molecular flexibility index (Phi) is 6.63. The van der Waals surface area contributed by atoms with Gasteiger partial charge in [0.05, 0.1) is 19.8 Å². The zero-order valence-electron chi connectivity index (χ0n) is 18.4. The van der Waals surface area contributed by atoms with Crippen LogP contribution in [0.3, 0.4) is 0 Å². The number of ketones is 1. The van der Waals surface area contributed by atoms with Gasteiger partial charge >= 0.3 is 0 Å². The van der Waals surface area contributed by atoms with Crippen molar-refractivity contribution in [3.8, 4) is 23.0 Å². The van der Waals surface area contributed by atoms with Gasteiger partial charge in [-0.3, -0.25) is 9.59 Å². The monoisotopic (exact) mass is 437 g/mol. The van der Waals surface area contributed by atoms with Crippen molar-refractivity contribution in [2.24, 2.45) is 0 Å². The third kappa shape index (κ3) is 4.72. The molecule has 2 aromatic carbocycles. The van der Waals surface area contributed by atoms with Crippen molar-refractivity contribution in [2.75, 3.05) is 33.9 Å². The molecule has 2 aliphatic heterocycles. The second-order valence-electron chi connectivity index (χ2n) is 7.80. The third-order valence-corrected chi connectivity index (χ3v) is 5.67. The van der Waals surface area contributed by atoms with Crippen LogP contribution in [0, 0.1) is 0 Å². The topological polar surface area (TPSA) is 74.3 Å². The average Bonchev–Trinajstić information content (AvgIpc) is 2.99. The number of hydrogen-bond acceptors (Lipinski definition) is 6. The molecule has 0 unspecified atom stereocenters. The normalized spacial score (nSPS) is 16.9. The van der Waals surface area contributed by atoms with Crippen LogP contribution >= 0.6 is 0 Å². The Morgan fingerprint density at radius 1 is 1.00 bits per heavy atom. The second kappa shape index (κ2) is 9.77. The summed E-state index contributed by atoms with van der Waals surface area (Å²) < 4.78 is 22.1. The highest BCUT2D eigenvalue weighted by atomic mass is 16.5. The smallest absolute Gasteiger partial charge is 0.260 e. The molecule has 2 aliphatic rings. The number of amides is 1. The summed E-state index contributed by atoms with van der Waals surface area (Å²) in [5.41, 5.74) is 1.21. The van der Waals surface area contributed by atoms with Gasteiger partial charge in [-0.15, -0.1) is 0 Å². The lowest BCUT2D eigenvalue weighted by Gasteiger charge is -2.20. The highest BCUT2D eigenvalue weighted by Crippen LogP contribution is 2.36. The number of Topliss-reactive ketones (excluding diaryl/α,β-unsaturated/α-hetero) is 1. The number of allylic oxidation sites excluding steroid dienone is 1. The maximum Gasteiger partial charge on any atom is 0.260 e. The van der Waals surface area contributed by atoms with E-state index in [1.54, 1.807) is 50.6 Å². The van der Waals surface area contributed by atoms with Gasteiger partial charge < -0.3 is 23.8 Å². The molecular formula is C25H27NO6. The van der Waals surface area contributed by atoms with Crippen molar-refractivity contribution in [3.63, 3.8) is 0 Å². The molecule has 1 fully saturated rings. The van der Waals surface area contributed by atoms with E-state index in [1.807, 2.05) is 11.0 Å². The number of likely N-dealkylation sites (tertiary alicyclic amines) is 1. The standard InChI is InChI=1S/C25H27NO6/c1-29-20-10-7-17(13-22(20)30-2)14-23-25(28)19-9-8-18(15-21(19)32-23)31-16-24(27)26-11-5-3-4-6-12-26/h7-10,13-15H,3-6,11-12,16H2,1-2H3. The van der Waals surface area contributed by atoms with E-state index in [4.69, 9.17) is 18.9 Å². The fraction of sp³-hybridized carbons (Fsp3) is 0.360. The summed E-state index contributed by atoms with van der Waals surface area (Å²) >= 11 is 0. The molecule has 0 radical (unpaired) electrons. The van der Waals surface area contributed by atoms with Gasteiger partial charge in [0.25, 0.3) is 5.91 Å². The summed E-state index contributed by atoms with van der Waals surface area (Å²) in [4.78, 5) is 27.1.